The number of nitrogens with one attached hydrogen (secondary N) is 1. The lowest BCUT2D eigenvalue weighted by Crippen LogP contribution is -2.20. The molecule has 0 aliphatic carbocycles. The number of rotatable bonds is 5. The Balaban J connectivity index is 1.63. The maximum atomic E-state index is 12.0. The van der Waals surface area contributed by atoms with E-state index >= 15 is 0 Å². The molecule has 7 heteroatoms. The van der Waals surface area contributed by atoms with E-state index in [2.05, 4.69) is 20.7 Å². The number of amides is 1. The summed E-state index contributed by atoms with van der Waals surface area (Å²) in [6.07, 6.45) is 0. The second-order valence-electron chi connectivity index (χ2n) is 5.19. The number of Topliss-reactive ketones (excluding diaryl/α,β-unsaturated/α-hetero) is 1. The molecule has 120 valence electrons. The zero-order chi connectivity index (χ0) is 16.9. The molecule has 2 aromatic carbocycles. The van der Waals surface area contributed by atoms with Crippen molar-refractivity contribution in [3.05, 3.63) is 60.2 Å². The Morgan fingerprint density at radius 2 is 1.75 bits per heavy atom. The first-order valence-corrected chi connectivity index (χ1v) is 7.36. The van der Waals surface area contributed by atoms with E-state index in [1.807, 2.05) is 30.3 Å². The highest BCUT2D eigenvalue weighted by Crippen LogP contribution is 2.12. The van der Waals surface area contributed by atoms with E-state index in [1.54, 1.807) is 24.3 Å². The van der Waals surface area contributed by atoms with E-state index in [1.165, 1.54) is 11.7 Å². The van der Waals surface area contributed by atoms with Gasteiger partial charge in [-0.1, -0.05) is 30.3 Å². The predicted octanol–water partition coefficient (Wildman–Crippen LogP) is 2.18. The van der Waals surface area contributed by atoms with Gasteiger partial charge in [0.2, 0.25) is 11.7 Å². The average Bonchev–Trinajstić information content (AvgIpc) is 3.04. The van der Waals surface area contributed by atoms with E-state index in [-0.39, 0.29) is 18.2 Å². The quantitative estimate of drug-likeness (QED) is 0.727. The molecule has 0 unspecified atom stereocenters. The average molecular weight is 321 g/mol. The topological polar surface area (TPSA) is 89.8 Å². The number of anilines is 1. The minimum atomic E-state index is -0.275. The first-order valence-electron chi connectivity index (χ1n) is 7.36. The van der Waals surface area contributed by atoms with Crippen LogP contribution in [0.25, 0.3) is 11.4 Å². The van der Waals surface area contributed by atoms with Gasteiger partial charge in [-0.05, 0) is 36.4 Å². The van der Waals surface area contributed by atoms with E-state index in [4.69, 9.17) is 0 Å². The van der Waals surface area contributed by atoms with Gasteiger partial charge in [0.25, 0.3) is 0 Å². The SMILES string of the molecule is CC(=O)c1ccc(NC(=O)Cn2nnc(-c3ccccc3)n2)cc1. The normalized spacial score (nSPS) is 10.4. The van der Waals surface area contributed by atoms with Gasteiger partial charge in [0.1, 0.15) is 6.54 Å². The molecule has 0 fully saturated rings. The van der Waals surface area contributed by atoms with Crippen molar-refractivity contribution in [3.8, 4) is 11.4 Å². The van der Waals surface area contributed by atoms with Gasteiger partial charge in [-0.3, -0.25) is 9.59 Å². The second-order valence-corrected chi connectivity index (χ2v) is 5.19. The molecule has 0 spiro atoms. The van der Waals surface area contributed by atoms with Crippen molar-refractivity contribution in [1.29, 1.82) is 0 Å². The van der Waals surface area contributed by atoms with Crippen LogP contribution >= 0.6 is 0 Å². The molecule has 1 N–H and O–H groups in total. The Kier molecular flexibility index (Phi) is 4.42. The summed E-state index contributed by atoms with van der Waals surface area (Å²) in [7, 11) is 0. The van der Waals surface area contributed by atoms with Crippen molar-refractivity contribution in [3.63, 3.8) is 0 Å². The number of carbonyl (C=O) groups is 2. The Bertz CT molecular complexity index is 856. The van der Waals surface area contributed by atoms with Crippen molar-refractivity contribution >= 4 is 17.4 Å². The van der Waals surface area contributed by atoms with Crippen LogP contribution in [0.3, 0.4) is 0 Å². The fourth-order valence-corrected chi connectivity index (χ4v) is 2.13. The number of aromatic nitrogens is 4. The minimum Gasteiger partial charge on any atom is -0.324 e. The van der Waals surface area contributed by atoms with Gasteiger partial charge < -0.3 is 5.32 Å². The van der Waals surface area contributed by atoms with E-state index in [9.17, 15) is 9.59 Å². The third-order valence-corrected chi connectivity index (χ3v) is 3.35. The highest BCUT2D eigenvalue weighted by atomic mass is 16.2. The summed E-state index contributed by atoms with van der Waals surface area (Å²) in [5.74, 6) is 0.171. The highest BCUT2D eigenvalue weighted by molar-refractivity contribution is 5.95. The smallest absolute Gasteiger partial charge is 0.248 e. The van der Waals surface area contributed by atoms with Gasteiger partial charge >= 0.3 is 0 Å². The van der Waals surface area contributed by atoms with Crippen LogP contribution < -0.4 is 5.32 Å². The maximum absolute atomic E-state index is 12.0. The van der Waals surface area contributed by atoms with Gasteiger partial charge in [0.15, 0.2) is 5.78 Å². The monoisotopic (exact) mass is 321 g/mol. The van der Waals surface area contributed by atoms with Crippen molar-refractivity contribution in [1.82, 2.24) is 20.2 Å². The van der Waals surface area contributed by atoms with Gasteiger partial charge in [-0.15, -0.1) is 10.2 Å². The third kappa shape index (κ3) is 3.70. The maximum Gasteiger partial charge on any atom is 0.248 e. The summed E-state index contributed by atoms with van der Waals surface area (Å²) < 4.78 is 0. The molecule has 0 saturated carbocycles. The molecule has 1 aromatic heterocycles. The highest BCUT2D eigenvalue weighted by Gasteiger charge is 2.09. The minimum absolute atomic E-state index is 0.0202. The lowest BCUT2D eigenvalue weighted by Gasteiger charge is -2.05. The lowest BCUT2D eigenvalue weighted by molar-refractivity contribution is -0.117. The Morgan fingerprint density at radius 1 is 1.04 bits per heavy atom. The summed E-state index contributed by atoms with van der Waals surface area (Å²) >= 11 is 0. The molecule has 0 saturated heterocycles. The molecule has 0 radical (unpaired) electrons. The lowest BCUT2D eigenvalue weighted by atomic mass is 10.1. The second kappa shape index (κ2) is 6.82. The zero-order valence-electron chi connectivity index (χ0n) is 13.0. The van der Waals surface area contributed by atoms with Crippen LogP contribution in [0.1, 0.15) is 17.3 Å². The molecular weight excluding hydrogens is 306 g/mol. The van der Waals surface area contributed by atoms with Crippen molar-refractivity contribution in [2.75, 3.05) is 5.32 Å². The van der Waals surface area contributed by atoms with Crippen LogP contribution in [0.5, 0.6) is 0 Å². The summed E-state index contributed by atoms with van der Waals surface area (Å²) in [4.78, 5) is 24.5. The van der Waals surface area contributed by atoms with E-state index in [0.717, 1.165) is 5.56 Å². The number of hydrogen-bond acceptors (Lipinski definition) is 5. The van der Waals surface area contributed by atoms with E-state index < -0.39 is 0 Å². The van der Waals surface area contributed by atoms with Crippen LogP contribution in [0, 0.1) is 0 Å². The molecule has 1 heterocycles. The number of ketones is 1. The summed E-state index contributed by atoms with van der Waals surface area (Å²) in [5.41, 5.74) is 2.04. The van der Waals surface area contributed by atoms with Crippen LogP contribution in [0.15, 0.2) is 54.6 Å². The number of nitrogens with zero attached hydrogens (tertiary/aromatic N) is 4. The van der Waals surface area contributed by atoms with Crippen molar-refractivity contribution in [2.24, 2.45) is 0 Å². The first-order chi connectivity index (χ1) is 11.6. The first kappa shape index (κ1) is 15.5. The zero-order valence-corrected chi connectivity index (χ0v) is 13.0. The fraction of sp³-hybridized carbons (Fsp3) is 0.118. The third-order valence-electron chi connectivity index (χ3n) is 3.35. The molecule has 7 nitrogen and oxygen atoms in total. The van der Waals surface area contributed by atoms with Crippen LogP contribution in [-0.2, 0) is 11.3 Å². The largest absolute Gasteiger partial charge is 0.324 e. The molecule has 3 rings (SSSR count). The number of carbonyl (C=O) groups excluding carboxylic acids is 2. The molecule has 0 atom stereocenters. The predicted molar refractivity (Wildman–Crippen MR) is 88.3 cm³/mol. The molecule has 0 bridgehead atoms. The van der Waals surface area contributed by atoms with Gasteiger partial charge in [0, 0.05) is 16.8 Å². The van der Waals surface area contributed by atoms with E-state index in [0.29, 0.717) is 17.1 Å². The summed E-state index contributed by atoms with van der Waals surface area (Å²) in [6.45, 7) is 1.45. The molecule has 0 aliphatic heterocycles. The van der Waals surface area contributed by atoms with Gasteiger partial charge in [-0.2, -0.15) is 4.80 Å². The molecule has 24 heavy (non-hydrogen) atoms. The molecule has 1 amide bonds. The Labute approximate surface area is 138 Å². The van der Waals surface area contributed by atoms with Crippen LogP contribution in [0.4, 0.5) is 5.69 Å². The standard InChI is InChI=1S/C17H15N5O2/c1-12(23)13-7-9-15(10-8-13)18-16(24)11-22-20-17(19-21-22)14-5-3-2-4-6-14/h2-10H,11H2,1H3,(H,18,24). The van der Waals surface area contributed by atoms with Crippen molar-refractivity contribution in [2.45, 2.75) is 13.5 Å². The van der Waals surface area contributed by atoms with Crippen LogP contribution in [-0.4, -0.2) is 31.9 Å². The fourth-order valence-electron chi connectivity index (χ4n) is 2.13. The van der Waals surface area contributed by atoms with Crippen molar-refractivity contribution < 1.29 is 9.59 Å². The number of benzene rings is 2. The number of tetrazole rings is 1. The number of hydrogen-bond donors (Lipinski definition) is 1. The molecular formula is C17H15N5O2. The Hall–Kier alpha value is -3.35. The molecule has 3 aromatic rings. The molecule has 0 aliphatic rings. The van der Waals surface area contributed by atoms with Crippen LogP contribution in [0.2, 0.25) is 0 Å². The summed E-state index contributed by atoms with van der Waals surface area (Å²) in [5, 5.41) is 14.7. The van der Waals surface area contributed by atoms with Gasteiger partial charge in [-0.25, -0.2) is 0 Å². The summed E-state index contributed by atoms with van der Waals surface area (Å²) in [6, 6.07) is 16.1. The Morgan fingerprint density at radius 3 is 2.42 bits per heavy atom. The van der Waals surface area contributed by atoms with Gasteiger partial charge in [0.05, 0.1) is 0 Å².